The van der Waals surface area contributed by atoms with E-state index in [4.69, 9.17) is 0 Å². The Hall–Kier alpha value is -0.860. The normalized spacial score (nSPS) is 13.2. The molecule has 1 N–H and O–H groups in total. The summed E-state index contributed by atoms with van der Waals surface area (Å²) >= 11 is 0. The van der Waals surface area contributed by atoms with Gasteiger partial charge in [0.2, 0.25) is 0 Å². The van der Waals surface area contributed by atoms with E-state index in [1.807, 2.05) is 0 Å². The molecule has 0 aromatic heterocycles. The van der Waals surface area contributed by atoms with Crippen LogP contribution in [0, 0.1) is 6.92 Å². The van der Waals surface area contributed by atoms with Gasteiger partial charge < -0.3 is 10.2 Å². The van der Waals surface area contributed by atoms with Crippen molar-refractivity contribution < 1.29 is 0 Å². The molecule has 0 radical (unpaired) electrons. The molecule has 0 heterocycles. The average Bonchev–Trinajstić information content (AvgIpc) is 2.45. The summed E-state index contributed by atoms with van der Waals surface area (Å²) < 4.78 is 0. The van der Waals surface area contributed by atoms with Crippen molar-refractivity contribution >= 4 is 0 Å². The van der Waals surface area contributed by atoms with Gasteiger partial charge in [-0.1, -0.05) is 45.0 Å². The molecule has 0 saturated carbocycles. The Morgan fingerprint density at radius 3 is 2.30 bits per heavy atom. The first-order chi connectivity index (χ1) is 9.63. The first kappa shape index (κ1) is 17.2. The van der Waals surface area contributed by atoms with Crippen molar-refractivity contribution in [1.29, 1.82) is 0 Å². The monoisotopic (exact) mass is 276 g/mol. The molecular weight excluding hydrogens is 244 g/mol. The molecular formula is C18H32N2. The highest BCUT2D eigenvalue weighted by Crippen LogP contribution is 2.21. The molecule has 0 aliphatic carbocycles. The van der Waals surface area contributed by atoms with Crippen LogP contribution >= 0.6 is 0 Å². The molecule has 2 heteroatoms. The summed E-state index contributed by atoms with van der Waals surface area (Å²) in [5.74, 6) is 0. The van der Waals surface area contributed by atoms with Gasteiger partial charge >= 0.3 is 0 Å². The zero-order valence-electron chi connectivity index (χ0n) is 13.9. The van der Waals surface area contributed by atoms with Crippen LogP contribution in [0.4, 0.5) is 0 Å². The minimum atomic E-state index is 0.470. The second-order valence-electron chi connectivity index (χ2n) is 5.71. The van der Waals surface area contributed by atoms with E-state index in [0.29, 0.717) is 12.1 Å². The molecule has 1 unspecified atom stereocenters. The largest absolute Gasteiger partial charge is 0.310 e. The number of benzene rings is 1. The lowest BCUT2D eigenvalue weighted by molar-refractivity contribution is 0.218. The van der Waals surface area contributed by atoms with E-state index < -0.39 is 0 Å². The minimum Gasteiger partial charge on any atom is -0.310 e. The standard InChI is InChI=1S/C18H32N2/c1-6-16(7-2)20(5)14-13-18(19-8-3)17-12-10-9-11-15(17)4/h9-12,16,18-19H,6-8,13-14H2,1-5H3. The van der Waals surface area contributed by atoms with Gasteiger partial charge in [0.25, 0.3) is 0 Å². The van der Waals surface area contributed by atoms with Crippen LogP contribution in [0.5, 0.6) is 0 Å². The fourth-order valence-electron chi connectivity index (χ4n) is 3.02. The molecule has 0 aliphatic rings. The number of nitrogens with zero attached hydrogens (tertiary/aromatic N) is 1. The third-order valence-electron chi connectivity index (χ3n) is 4.35. The minimum absolute atomic E-state index is 0.470. The molecule has 0 amide bonds. The molecule has 1 atom stereocenters. The second kappa shape index (κ2) is 9.15. The lowest BCUT2D eigenvalue weighted by Crippen LogP contribution is -2.34. The van der Waals surface area contributed by atoms with Crippen molar-refractivity contribution in [3.8, 4) is 0 Å². The summed E-state index contributed by atoms with van der Waals surface area (Å²) in [6, 6.07) is 9.94. The highest BCUT2D eigenvalue weighted by molar-refractivity contribution is 5.28. The fourth-order valence-corrected chi connectivity index (χ4v) is 3.02. The smallest absolute Gasteiger partial charge is 0.0334 e. The van der Waals surface area contributed by atoms with Crippen molar-refractivity contribution in [2.24, 2.45) is 0 Å². The van der Waals surface area contributed by atoms with E-state index in [1.165, 1.54) is 30.4 Å². The van der Waals surface area contributed by atoms with Crippen molar-refractivity contribution in [1.82, 2.24) is 10.2 Å². The summed E-state index contributed by atoms with van der Waals surface area (Å²) in [5, 5.41) is 3.64. The highest BCUT2D eigenvalue weighted by Gasteiger charge is 2.15. The third kappa shape index (κ3) is 4.92. The van der Waals surface area contributed by atoms with E-state index in [0.717, 1.165) is 13.1 Å². The maximum atomic E-state index is 3.64. The van der Waals surface area contributed by atoms with Gasteiger partial charge in [-0.05, 0) is 57.5 Å². The van der Waals surface area contributed by atoms with E-state index in [1.54, 1.807) is 0 Å². The molecule has 114 valence electrons. The first-order valence-electron chi connectivity index (χ1n) is 8.13. The highest BCUT2D eigenvalue weighted by atomic mass is 15.1. The second-order valence-corrected chi connectivity index (χ2v) is 5.71. The molecule has 0 spiro atoms. The fraction of sp³-hybridized carbons (Fsp3) is 0.667. The molecule has 0 saturated heterocycles. The molecule has 2 nitrogen and oxygen atoms in total. The Morgan fingerprint density at radius 1 is 1.10 bits per heavy atom. The van der Waals surface area contributed by atoms with Crippen LogP contribution in [0.2, 0.25) is 0 Å². The van der Waals surface area contributed by atoms with Crippen LogP contribution < -0.4 is 5.32 Å². The zero-order chi connectivity index (χ0) is 15.0. The van der Waals surface area contributed by atoms with Crippen molar-refractivity contribution in [3.05, 3.63) is 35.4 Å². The maximum Gasteiger partial charge on any atom is 0.0334 e. The maximum absolute atomic E-state index is 3.64. The Labute approximate surface area is 125 Å². The van der Waals surface area contributed by atoms with Gasteiger partial charge in [0.1, 0.15) is 0 Å². The average molecular weight is 276 g/mol. The van der Waals surface area contributed by atoms with Crippen molar-refractivity contribution in [2.75, 3.05) is 20.1 Å². The van der Waals surface area contributed by atoms with Gasteiger partial charge in [0.15, 0.2) is 0 Å². The van der Waals surface area contributed by atoms with Crippen LogP contribution in [0.3, 0.4) is 0 Å². The van der Waals surface area contributed by atoms with Gasteiger partial charge in [0.05, 0.1) is 0 Å². The molecule has 1 rings (SSSR count). The van der Waals surface area contributed by atoms with E-state index in [-0.39, 0.29) is 0 Å². The number of hydrogen-bond donors (Lipinski definition) is 1. The van der Waals surface area contributed by atoms with Crippen molar-refractivity contribution in [2.45, 2.75) is 59.0 Å². The SMILES string of the molecule is CCNC(CCN(C)C(CC)CC)c1ccccc1C. The van der Waals surface area contributed by atoms with E-state index in [9.17, 15) is 0 Å². The summed E-state index contributed by atoms with van der Waals surface area (Å²) in [5.41, 5.74) is 2.84. The van der Waals surface area contributed by atoms with Crippen LogP contribution in [-0.4, -0.2) is 31.1 Å². The Kier molecular flexibility index (Phi) is 7.86. The first-order valence-corrected chi connectivity index (χ1v) is 8.13. The van der Waals surface area contributed by atoms with Crippen LogP contribution in [0.1, 0.15) is 57.2 Å². The summed E-state index contributed by atoms with van der Waals surface area (Å²) in [7, 11) is 2.26. The Morgan fingerprint density at radius 2 is 1.75 bits per heavy atom. The molecule has 0 fully saturated rings. The number of rotatable bonds is 9. The van der Waals surface area contributed by atoms with Gasteiger partial charge in [-0.25, -0.2) is 0 Å². The lowest BCUT2D eigenvalue weighted by atomic mass is 9.98. The van der Waals surface area contributed by atoms with Crippen LogP contribution in [0.15, 0.2) is 24.3 Å². The topological polar surface area (TPSA) is 15.3 Å². The quantitative estimate of drug-likeness (QED) is 0.728. The van der Waals surface area contributed by atoms with E-state index >= 15 is 0 Å². The van der Waals surface area contributed by atoms with Crippen molar-refractivity contribution in [3.63, 3.8) is 0 Å². The summed E-state index contributed by atoms with van der Waals surface area (Å²) in [4.78, 5) is 2.52. The van der Waals surface area contributed by atoms with Crippen LogP contribution in [-0.2, 0) is 0 Å². The lowest BCUT2D eigenvalue weighted by Gasteiger charge is -2.29. The van der Waals surface area contributed by atoms with E-state index in [2.05, 4.69) is 69.2 Å². The Bertz CT molecular complexity index is 371. The van der Waals surface area contributed by atoms with Crippen LogP contribution in [0.25, 0.3) is 0 Å². The molecule has 1 aromatic rings. The third-order valence-corrected chi connectivity index (χ3v) is 4.35. The Balaban J connectivity index is 2.67. The van der Waals surface area contributed by atoms with Gasteiger partial charge in [0, 0.05) is 12.1 Å². The summed E-state index contributed by atoms with van der Waals surface area (Å²) in [6.45, 7) is 11.1. The van der Waals surface area contributed by atoms with Gasteiger partial charge in [-0.3, -0.25) is 0 Å². The molecule has 20 heavy (non-hydrogen) atoms. The number of nitrogens with one attached hydrogen (secondary N) is 1. The molecule has 1 aromatic carbocycles. The molecule has 0 aliphatic heterocycles. The van der Waals surface area contributed by atoms with Gasteiger partial charge in [-0.15, -0.1) is 0 Å². The van der Waals surface area contributed by atoms with Gasteiger partial charge in [-0.2, -0.15) is 0 Å². The summed E-state index contributed by atoms with van der Waals surface area (Å²) in [6.07, 6.45) is 3.65. The number of aryl methyl sites for hydroxylation is 1. The molecule has 0 bridgehead atoms. The predicted octanol–water partition coefficient (Wildman–Crippen LogP) is 4.16. The predicted molar refractivity (Wildman–Crippen MR) is 89.2 cm³/mol. The zero-order valence-corrected chi connectivity index (χ0v) is 13.9. The number of hydrogen-bond acceptors (Lipinski definition) is 2.